The summed E-state index contributed by atoms with van der Waals surface area (Å²) in [6.07, 6.45) is 0. The highest BCUT2D eigenvalue weighted by molar-refractivity contribution is 6.30. The molecule has 1 atom stereocenters. The molecule has 2 N–H and O–H groups in total. The van der Waals surface area contributed by atoms with Crippen LogP contribution in [-0.2, 0) is 6.54 Å². The SMILES string of the molecule is CCNC(=NCc1cc(Cl)ccc1OC(F)F)NCC(C)CN1CCN(CC)CC1. The minimum Gasteiger partial charge on any atom is -0.434 e. The van der Waals surface area contributed by atoms with Crippen LogP contribution < -0.4 is 15.4 Å². The molecule has 0 amide bonds. The number of benzene rings is 1. The Balaban J connectivity index is 1.89. The number of alkyl halides is 2. The van der Waals surface area contributed by atoms with Crippen molar-refractivity contribution in [2.24, 2.45) is 10.9 Å². The van der Waals surface area contributed by atoms with E-state index >= 15 is 0 Å². The van der Waals surface area contributed by atoms with Crippen LogP contribution in [0.25, 0.3) is 0 Å². The highest BCUT2D eigenvalue weighted by atomic mass is 35.5. The van der Waals surface area contributed by atoms with Crippen molar-refractivity contribution in [3.05, 3.63) is 28.8 Å². The zero-order valence-electron chi connectivity index (χ0n) is 18.1. The first kappa shape index (κ1) is 24.6. The largest absolute Gasteiger partial charge is 0.434 e. The van der Waals surface area contributed by atoms with Crippen LogP contribution in [-0.4, -0.2) is 74.7 Å². The first-order chi connectivity index (χ1) is 14.4. The molecule has 170 valence electrons. The Labute approximate surface area is 183 Å². The second-order valence-electron chi connectivity index (χ2n) is 7.55. The van der Waals surface area contributed by atoms with Crippen molar-refractivity contribution in [3.8, 4) is 5.75 Å². The molecule has 1 unspecified atom stereocenters. The highest BCUT2D eigenvalue weighted by Crippen LogP contribution is 2.25. The highest BCUT2D eigenvalue weighted by Gasteiger charge is 2.17. The van der Waals surface area contributed by atoms with Crippen LogP contribution in [0.5, 0.6) is 5.75 Å². The van der Waals surface area contributed by atoms with Gasteiger partial charge in [-0.25, -0.2) is 4.99 Å². The van der Waals surface area contributed by atoms with E-state index in [-0.39, 0.29) is 12.3 Å². The Kier molecular flexibility index (Phi) is 10.6. The Morgan fingerprint density at radius 3 is 2.50 bits per heavy atom. The molecule has 1 aromatic rings. The lowest BCUT2D eigenvalue weighted by Gasteiger charge is -2.35. The molecule has 1 fully saturated rings. The third kappa shape index (κ3) is 8.62. The summed E-state index contributed by atoms with van der Waals surface area (Å²) in [5.74, 6) is 1.18. The van der Waals surface area contributed by atoms with E-state index < -0.39 is 6.61 Å². The minimum atomic E-state index is -2.89. The van der Waals surface area contributed by atoms with Crippen LogP contribution in [0, 0.1) is 5.92 Å². The number of guanidine groups is 1. The number of ether oxygens (including phenoxy) is 1. The summed E-state index contributed by atoms with van der Waals surface area (Å²) in [5.41, 5.74) is 0.516. The van der Waals surface area contributed by atoms with Gasteiger partial charge in [0.25, 0.3) is 0 Å². The molecule has 0 spiro atoms. The minimum absolute atomic E-state index is 0.0913. The molecule has 0 aromatic heterocycles. The Bertz CT molecular complexity index is 669. The molecule has 30 heavy (non-hydrogen) atoms. The molecule has 1 saturated heterocycles. The number of halogens is 3. The van der Waals surface area contributed by atoms with Crippen molar-refractivity contribution >= 4 is 17.6 Å². The summed E-state index contributed by atoms with van der Waals surface area (Å²) >= 11 is 6.01. The summed E-state index contributed by atoms with van der Waals surface area (Å²) in [6, 6.07) is 4.57. The molecule has 0 radical (unpaired) electrons. The van der Waals surface area contributed by atoms with Gasteiger partial charge in [-0.2, -0.15) is 8.78 Å². The first-order valence-corrected chi connectivity index (χ1v) is 11.0. The molecule has 1 aliphatic rings. The lowest BCUT2D eigenvalue weighted by molar-refractivity contribution is -0.0504. The molecule has 0 aliphatic carbocycles. The van der Waals surface area contributed by atoms with Gasteiger partial charge in [0.15, 0.2) is 5.96 Å². The maximum absolute atomic E-state index is 12.6. The van der Waals surface area contributed by atoms with Gasteiger partial charge in [0.1, 0.15) is 5.75 Å². The predicted octanol–water partition coefficient (Wildman–Crippen LogP) is 3.27. The Morgan fingerprint density at radius 2 is 1.87 bits per heavy atom. The fraction of sp³-hybridized carbons (Fsp3) is 0.667. The normalized spacial score (nSPS) is 17.2. The maximum atomic E-state index is 12.6. The molecular weight excluding hydrogens is 412 g/mol. The summed E-state index contributed by atoms with van der Waals surface area (Å²) in [7, 11) is 0. The Morgan fingerprint density at radius 1 is 1.17 bits per heavy atom. The summed E-state index contributed by atoms with van der Waals surface area (Å²) in [4.78, 5) is 9.50. The number of hydrogen-bond donors (Lipinski definition) is 2. The number of nitrogens with one attached hydrogen (secondary N) is 2. The number of nitrogens with zero attached hydrogens (tertiary/aromatic N) is 3. The van der Waals surface area contributed by atoms with E-state index in [0.29, 0.717) is 29.0 Å². The van der Waals surface area contributed by atoms with Crippen LogP contribution >= 0.6 is 11.6 Å². The first-order valence-electron chi connectivity index (χ1n) is 10.6. The van der Waals surface area contributed by atoms with E-state index in [4.69, 9.17) is 11.6 Å². The van der Waals surface area contributed by atoms with Crippen molar-refractivity contribution in [3.63, 3.8) is 0 Å². The van der Waals surface area contributed by atoms with Crippen LogP contribution in [0.1, 0.15) is 26.3 Å². The third-order valence-electron chi connectivity index (χ3n) is 5.09. The van der Waals surface area contributed by atoms with Crippen LogP contribution in [0.3, 0.4) is 0 Å². The van der Waals surface area contributed by atoms with Gasteiger partial charge >= 0.3 is 6.61 Å². The molecule has 0 saturated carbocycles. The van der Waals surface area contributed by atoms with Gasteiger partial charge in [-0.15, -0.1) is 0 Å². The standard InChI is InChI=1S/C21H34ClF2N5O/c1-4-25-21(26-13-16(3)15-29-10-8-28(5-2)9-11-29)27-14-17-12-18(22)6-7-19(17)30-20(23)24/h6-7,12,16,20H,4-5,8-11,13-15H2,1-3H3,(H2,25,26,27). The molecule has 2 rings (SSSR count). The van der Waals surface area contributed by atoms with E-state index in [1.807, 2.05) is 6.92 Å². The van der Waals surface area contributed by atoms with Crippen LogP contribution in [0.4, 0.5) is 8.78 Å². The summed E-state index contributed by atoms with van der Waals surface area (Å²) in [6.45, 7) is 11.8. The van der Waals surface area contributed by atoms with Crippen LogP contribution in [0.15, 0.2) is 23.2 Å². The third-order valence-corrected chi connectivity index (χ3v) is 5.33. The maximum Gasteiger partial charge on any atom is 0.387 e. The zero-order chi connectivity index (χ0) is 21.9. The Hall–Kier alpha value is -1.64. The molecule has 6 nitrogen and oxygen atoms in total. The lowest BCUT2D eigenvalue weighted by Crippen LogP contribution is -2.48. The van der Waals surface area contributed by atoms with Gasteiger partial charge in [0.2, 0.25) is 0 Å². The fourth-order valence-corrected chi connectivity index (χ4v) is 3.65. The summed E-state index contributed by atoms with van der Waals surface area (Å²) in [5, 5.41) is 7.01. The molecule has 1 aromatic carbocycles. The van der Waals surface area contributed by atoms with E-state index in [1.54, 1.807) is 6.07 Å². The van der Waals surface area contributed by atoms with Gasteiger partial charge in [-0.3, -0.25) is 0 Å². The molecule has 1 aliphatic heterocycles. The average molecular weight is 446 g/mol. The van der Waals surface area contributed by atoms with Crippen molar-refractivity contribution in [2.45, 2.75) is 33.9 Å². The second-order valence-corrected chi connectivity index (χ2v) is 7.98. The molecular formula is C21H34ClF2N5O. The number of aliphatic imine (C=N–C) groups is 1. The van der Waals surface area contributed by atoms with Crippen molar-refractivity contribution in [2.75, 3.05) is 52.4 Å². The average Bonchev–Trinajstić information content (AvgIpc) is 2.72. The van der Waals surface area contributed by atoms with E-state index in [9.17, 15) is 8.78 Å². The number of hydrogen-bond acceptors (Lipinski definition) is 4. The molecule has 1 heterocycles. The van der Waals surface area contributed by atoms with E-state index in [0.717, 1.165) is 45.8 Å². The number of likely N-dealkylation sites (N-methyl/N-ethyl adjacent to an activating group) is 1. The van der Waals surface area contributed by atoms with E-state index in [2.05, 4.69) is 44.0 Å². The lowest BCUT2D eigenvalue weighted by atomic mass is 10.1. The van der Waals surface area contributed by atoms with Crippen molar-refractivity contribution in [1.29, 1.82) is 0 Å². The molecule has 0 bridgehead atoms. The van der Waals surface area contributed by atoms with Gasteiger partial charge in [0.05, 0.1) is 6.54 Å². The summed E-state index contributed by atoms with van der Waals surface area (Å²) < 4.78 is 29.9. The number of rotatable bonds is 10. The quantitative estimate of drug-likeness (QED) is 0.427. The fourth-order valence-electron chi connectivity index (χ4n) is 3.45. The van der Waals surface area contributed by atoms with Crippen molar-refractivity contribution in [1.82, 2.24) is 20.4 Å². The van der Waals surface area contributed by atoms with Gasteiger partial charge in [0, 0.05) is 56.4 Å². The van der Waals surface area contributed by atoms with Gasteiger partial charge in [-0.05, 0) is 37.6 Å². The smallest absolute Gasteiger partial charge is 0.387 e. The zero-order valence-corrected chi connectivity index (χ0v) is 18.9. The number of piperazine rings is 1. The van der Waals surface area contributed by atoms with Gasteiger partial charge in [-0.1, -0.05) is 25.4 Å². The van der Waals surface area contributed by atoms with Gasteiger partial charge < -0.3 is 25.2 Å². The molecule has 9 heteroatoms. The van der Waals surface area contributed by atoms with Crippen LogP contribution in [0.2, 0.25) is 5.02 Å². The topological polar surface area (TPSA) is 52.1 Å². The van der Waals surface area contributed by atoms with Crippen molar-refractivity contribution < 1.29 is 13.5 Å². The second kappa shape index (κ2) is 12.9. The monoisotopic (exact) mass is 445 g/mol. The predicted molar refractivity (Wildman–Crippen MR) is 119 cm³/mol. The van der Waals surface area contributed by atoms with E-state index in [1.165, 1.54) is 12.1 Å².